The quantitative estimate of drug-likeness (QED) is 0.825. The van der Waals surface area contributed by atoms with E-state index in [9.17, 15) is 4.79 Å². The molecule has 3 nitrogen and oxygen atoms in total. The minimum atomic E-state index is -0.0700. The van der Waals surface area contributed by atoms with Crippen molar-refractivity contribution in [3.8, 4) is 0 Å². The first-order valence-corrected chi connectivity index (χ1v) is 7.16. The van der Waals surface area contributed by atoms with Crippen molar-refractivity contribution in [2.75, 3.05) is 0 Å². The first-order valence-electron chi connectivity index (χ1n) is 7.16. The van der Waals surface area contributed by atoms with Crippen LogP contribution in [0, 0.1) is 0 Å². The Hall–Kier alpha value is -2.42. The standard InChI is InChI=1S/C18H20N2O/c1-15(9-10-16-6-3-2-4-7-16)20-18(21)12-11-17-8-5-13-19-14-17/h2-8,11-15H,9-10H2,1H3,(H,20,21)/b12-11+. The Bertz CT molecular complexity index is 579. The number of rotatable bonds is 6. The highest BCUT2D eigenvalue weighted by Gasteiger charge is 2.04. The highest BCUT2D eigenvalue weighted by Crippen LogP contribution is 2.05. The molecule has 0 aliphatic heterocycles. The fraction of sp³-hybridized carbons (Fsp3) is 0.222. The van der Waals surface area contributed by atoms with Gasteiger partial charge in [0.25, 0.3) is 0 Å². The second-order valence-electron chi connectivity index (χ2n) is 5.05. The molecule has 108 valence electrons. The zero-order valence-electron chi connectivity index (χ0n) is 12.2. The minimum Gasteiger partial charge on any atom is -0.350 e. The van der Waals surface area contributed by atoms with Gasteiger partial charge in [0.15, 0.2) is 0 Å². The van der Waals surface area contributed by atoms with E-state index in [1.165, 1.54) is 5.56 Å². The summed E-state index contributed by atoms with van der Waals surface area (Å²) < 4.78 is 0. The monoisotopic (exact) mass is 280 g/mol. The SMILES string of the molecule is CC(CCc1ccccc1)NC(=O)/C=C/c1cccnc1. The third kappa shape index (κ3) is 5.61. The van der Waals surface area contributed by atoms with Crippen molar-refractivity contribution in [3.63, 3.8) is 0 Å². The molecule has 0 bridgehead atoms. The van der Waals surface area contributed by atoms with Gasteiger partial charge in [-0.3, -0.25) is 9.78 Å². The van der Waals surface area contributed by atoms with Gasteiger partial charge in [0.05, 0.1) is 0 Å². The normalized spacial score (nSPS) is 12.2. The summed E-state index contributed by atoms with van der Waals surface area (Å²) in [6.45, 7) is 2.03. The zero-order valence-corrected chi connectivity index (χ0v) is 12.2. The lowest BCUT2D eigenvalue weighted by Crippen LogP contribution is -2.31. The Balaban J connectivity index is 1.76. The molecular weight excluding hydrogens is 260 g/mol. The van der Waals surface area contributed by atoms with Gasteiger partial charge in [-0.25, -0.2) is 0 Å². The molecule has 0 aliphatic carbocycles. The summed E-state index contributed by atoms with van der Waals surface area (Å²) in [5.74, 6) is -0.0700. The molecule has 0 saturated carbocycles. The lowest BCUT2D eigenvalue weighted by Gasteiger charge is -2.12. The topological polar surface area (TPSA) is 42.0 Å². The number of carbonyl (C=O) groups excluding carboxylic acids is 1. The predicted octanol–water partition coefficient (Wildman–Crippen LogP) is 3.23. The van der Waals surface area contributed by atoms with Crippen LogP contribution in [0.5, 0.6) is 0 Å². The van der Waals surface area contributed by atoms with Gasteiger partial charge in [-0.2, -0.15) is 0 Å². The van der Waals surface area contributed by atoms with E-state index in [1.54, 1.807) is 24.5 Å². The average molecular weight is 280 g/mol. The van der Waals surface area contributed by atoms with Crippen LogP contribution in [-0.2, 0) is 11.2 Å². The molecule has 0 spiro atoms. The van der Waals surface area contributed by atoms with E-state index in [-0.39, 0.29) is 11.9 Å². The molecule has 3 heteroatoms. The number of carbonyl (C=O) groups is 1. The van der Waals surface area contributed by atoms with E-state index >= 15 is 0 Å². The van der Waals surface area contributed by atoms with Crippen LogP contribution in [0.1, 0.15) is 24.5 Å². The summed E-state index contributed by atoms with van der Waals surface area (Å²) in [4.78, 5) is 15.8. The number of benzene rings is 1. The molecule has 2 rings (SSSR count). The second kappa shape index (κ2) is 8.00. The van der Waals surface area contributed by atoms with E-state index in [2.05, 4.69) is 22.4 Å². The molecule has 0 fully saturated rings. The van der Waals surface area contributed by atoms with E-state index in [4.69, 9.17) is 0 Å². The van der Waals surface area contributed by atoms with Crippen LogP contribution >= 0.6 is 0 Å². The number of pyridine rings is 1. The molecule has 1 atom stereocenters. The smallest absolute Gasteiger partial charge is 0.244 e. The van der Waals surface area contributed by atoms with Crippen LogP contribution in [0.15, 0.2) is 60.9 Å². The molecule has 0 saturated heterocycles. The highest BCUT2D eigenvalue weighted by atomic mass is 16.1. The lowest BCUT2D eigenvalue weighted by molar-refractivity contribution is -0.117. The summed E-state index contributed by atoms with van der Waals surface area (Å²) in [5, 5.41) is 2.97. The molecule has 0 radical (unpaired) electrons. The van der Waals surface area contributed by atoms with E-state index in [0.29, 0.717) is 0 Å². The Labute approximate surface area is 125 Å². The largest absolute Gasteiger partial charge is 0.350 e. The van der Waals surface area contributed by atoms with Gasteiger partial charge in [0.1, 0.15) is 0 Å². The summed E-state index contributed by atoms with van der Waals surface area (Å²) in [6, 6.07) is 14.2. The summed E-state index contributed by atoms with van der Waals surface area (Å²) >= 11 is 0. The number of hydrogen-bond acceptors (Lipinski definition) is 2. The van der Waals surface area contributed by atoms with Crippen LogP contribution in [0.4, 0.5) is 0 Å². The van der Waals surface area contributed by atoms with Crippen molar-refractivity contribution in [3.05, 3.63) is 72.1 Å². The molecule has 0 aliphatic rings. The maximum absolute atomic E-state index is 11.8. The molecule has 1 heterocycles. The van der Waals surface area contributed by atoms with Crippen molar-refractivity contribution in [1.29, 1.82) is 0 Å². The Morgan fingerprint density at radius 3 is 2.76 bits per heavy atom. The fourth-order valence-electron chi connectivity index (χ4n) is 2.04. The lowest BCUT2D eigenvalue weighted by atomic mass is 10.1. The van der Waals surface area contributed by atoms with Crippen LogP contribution in [0.3, 0.4) is 0 Å². The van der Waals surface area contributed by atoms with Gasteiger partial charge < -0.3 is 5.32 Å². The Morgan fingerprint density at radius 1 is 1.24 bits per heavy atom. The van der Waals surface area contributed by atoms with Crippen LogP contribution in [0.2, 0.25) is 0 Å². The van der Waals surface area contributed by atoms with Gasteiger partial charge >= 0.3 is 0 Å². The van der Waals surface area contributed by atoms with Crippen LogP contribution in [-0.4, -0.2) is 16.9 Å². The van der Waals surface area contributed by atoms with E-state index in [0.717, 1.165) is 18.4 Å². The zero-order chi connectivity index (χ0) is 14.9. The summed E-state index contributed by atoms with van der Waals surface area (Å²) in [7, 11) is 0. The van der Waals surface area contributed by atoms with Crippen LogP contribution < -0.4 is 5.32 Å². The molecule has 1 unspecified atom stereocenters. The molecule has 21 heavy (non-hydrogen) atoms. The molecule has 1 N–H and O–H groups in total. The molecule has 1 aromatic carbocycles. The summed E-state index contributed by atoms with van der Waals surface area (Å²) in [5.41, 5.74) is 2.22. The Kier molecular flexibility index (Phi) is 5.71. The second-order valence-corrected chi connectivity index (χ2v) is 5.05. The summed E-state index contributed by atoms with van der Waals surface area (Å²) in [6.07, 6.45) is 8.65. The molecular formula is C18H20N2O. The van der Waals surface area contributed by atoms with Gasteiger partial charge in [-0.1, -0.05) is 36.4 Å². The number of aromatic nitrogens is 1. The van der Waals surface area contributed by atoms with Crippen molar-refractivity contribution in [2.24, 2.45) is 0 Å². The maximum Gasteiger partial charge on any atom is 0.244 e. The third-order valence-corrected chi connectivity index (χ3v) is 3.21. The van der Waals surface area contributed by atoms with E-state index < -0.39 is 0 Å². The van der Waals surface area contributed by atoms with Gasteiger partial charge in [0.2, 0.25) is 5.91 Å². The molecule has 2 aromatic rings. The predicted molar refractivity (Wildman–Crippen MR) is 85.6 cm³/mol. The van der Waals surface area contributed by atoms with Gasteiger partial charge in [-0.05, 0) is 43.0 Å². The van der Waals surface area contributed by atoms with Crippen molar-refractivity contribution < 1.29 is 4.79 Å². The van der Waals surface area contributed by atoms with Crippen molar-refractivity contribution in [1.82, 2.24) is 10.3 Å². The number of hydrogen-bond donors (Lipinski definition) is 1. The first-order chi connectivity index (χ1) is 10.2. The fourth-order valence-corrected chi connectivity index (χ4v) is 2.04. The average Bonchev–Trinajstić information content (AvgIpc) is 2.53. The maximum atomic E-state index is 11.8. The van der Waals surface area contributed by atoms with Gasteiger partial charge in [-0.15, -0.1) is 0 Å². The number of nitrogens with one attached hydrogen (secondary N) is 1. The third-order valence-electron chi connectivity index (χ3n) is 3.21. The highest BCUT2D eigenvalue weighted by molar-refractivity contribution is 5.91. The minimum absolute atomic E-state index is 0.0700. The number of amides is 1. The molecule has 1 amide bonds. The van der Waals surface area contributed by atoms with Gasteiger partial charge in [0, 0.05) is 24.5 Å². The first kappa shape index (κ1) is 15.0. The molecule has 1 aromatic heterocycles. The number of aryl methyl sites for hydroxylation is 1. The van der Waals surface area contributed by atoms with Crippen LogP contribution in [0.25, 0.3) is 6.08 Å². The van der Waals surface area contributed by atoms with Crippen molar-refractivity contribution >= 4 is 12.0 Å². The number of nitrogens with zero attached hydrogens (tertiary/aromatic N) is 1. The van der Waals surface area contributed by atoms with E-state index in [1.807, 2.05) is 37.3 Å². The Morgan fingerprint density at radius 2 is 2.05 bits per heavy atom. The van der Waals surface area contributed by atoms with Crippen molar-refractivity contribution in [2.45, 2.75) is 25.8 Å².